The van der Waals surface area contributed by atoms with Gasteiger partial charge in [0.05, 0.1) is 24.5 Å². The van der Waals surface area contributed by atoms with E-state index in [9.17, 15) is 14.0 Å². The zero-order valence-electron chi connectivity index (χ0n) is 14.7. The second kappa shape index (κ2) is 8.25. The average molecular weight is 359 g/mol. The van der Waals surface area contributed by atoms with Crippen molar-refractivity contribution in [2.24, 2.45) is 0 Å². The molecule has 1 aliphatic heterocycles. The summed E-state index contributed by atoms with van der Waals surface area (Å²) in [6.45, 7) is 1.62. The first-order valence-electron chi connectivity index (χ1n) is 8.59. The SMILES string of the molecule is COCC1CCCN1CC(=O)Nc1ccc(-n2ccccc2=O)cc1F. The summed E-state index contributed by atoms with van der Waals surface area (Å²) in [5.74, 6) is -0.849. The van der Waals surface area contributed by atoms with Crippen molar-refractivity contribution in [3.8, 4) is 5.69 Å². The number of likely N-dealkylation sites (tertiary alicyclic amines) is 1. The summed E-state index contributed by atoms with van der Waals surface area (Å²) in [5, 5.41) is 2.61. The normalized spacial score (nSPS) is 17.4. The van der Waals surface area contributed by atoms with E-state index >= 15 is 0 Å². The highest BCUT2D eigenvalue weighted by Crippen LogP contribution is 2.19. The zero-order valence-corrected chi connectivity index (χ0v) is 14.7. The monoisotopic (exact) mass is 359 g/mol. The molecular formula is C19H22FN3O3. The highest BCUT2D eigenvalue weighted by molar-refractivity contribution is 5.92. The smallest absolute Gasteiger partial charge is 0.255 e. The summed E-state index contributed by atoms with van der Waals surface area (Å²) in [4.78, 5) is 26.1. The average Bonchev–Trinajstić information content (AvgIpc) is 3.04. The van der Waals surface area contributed by atoms with Gasteiger partial charge in [0.2, 0.25) is 5.91 Å². The first-order valence-corrected chi connectivity index (χ1v) is 8.59. The Morgan fingerprint density at radius 1 is 1.35 bits per heavy atom. The highest BCUT2D eigenvalue weighted by Gasteiger charge is 2.26. The molecule has 0 saturated carbocycles. The summed E-state index contributed by atoms with van der Waals surface area (Å²) >= 11 is 0. The van der Waals surface area contributed by atoms with E-state index in [0.717, 1.165) is 19.4 Å². The number of pyridine rings is 1. The Bertz CT molecular complexity index is 837. The van der Waals surface area contributed by atoms with Crippen LogP contribution in [0.5, 0.6) is 0 Å². The fraction of sp³-hybridized carbons (Fsp3) is 0.368. The molecule has 0 bridgehead atoms. The van der Waals surface area contributed by atoms with Gasteiger partial charge in [-0.15, -0.1) is 0 Å². The van der Waals surface area contributed by atoms with Crippen LogP contribution in [0.4, 0.5) is 10.1 Å². The van der Waals surface area contributed by atoms with Crippen LogP contribution in [-0.2, 0) is 9.53 Å². The minimum absolute atomic E-state index is 0.102. The molecule has 1 N–H and O–H groups in total. The Morgan fingerprint density at radius 2 is 2.19 bits per heavy atom. The van der Waals surface area contributed by atoms with Crippen molar-refractivity contribution >= 4 is 11.6 Å². The zero-order chi connectivity index (χ0) is 18.5. The molecule has 0 aliphatic carbocycles. The predicted octanol–water partition coefficient (Wildman–Crippen LogP) is 2.03. The fourth-order valence-electron chi connectivity index (χ4n) is 3.25. The second-order valence-corrected chi connectivity index (χ2v) is 6.34. The Balaban J connectivity index is 1.67. The van der Waals surface area contributed by atoms with Gasteiger partial charge in [-0.2, -0.15) is 0 Å². The molecule has 7 heteroatoms. The van der Waals surface area contributed by atoms with Gasteiger partial charge in [-0.1, -0.05) is 6.07 Å². The maximum absolute atomic E-state index is 14.4. The Hall–Kier alpha value is -2.51. The van der Waals surface area contributed by atoms with E-state index in [1.807, 2.05) is 0 Å². The number of benzene rings is 1. The number of hydrogen-bond donors (Lipinski definition) is 1. The molecule has 0 radical (unpaired) electrons. The van der Waals surface area contributed by atoms with E-state index in [1.54, 1.807) is 31.5 Å². The lowest BCUT2D eigenvalue weighted by molar-refractivity contribution is -0.117. The summed E-state index contributed by atoms with van der Waals surface area (Å²) in [6.07, 6.45) is 3.59. The van der Waals surface area contributed by atoms with Gasteiger partial charge in [0.1, 0.15) is 5.82 Å². The van der Waals surface area contributed by atoms with Gasteiger partial charge in [0.25, 0.3) is 5.56 Å². The van der Waals surface area contributed by atoms with Crippen molar-refractivity contribution in [1.29, 1.82) is 0 Å². The van der Waals surface area contributed by atoms with Crippen molar-refractivity contribution in [1.82, 2.24) is 9.47 Å². The van der Waals surface area contributed by atoms with Crippen LogP contribution in [0.25, 0.3) is 5.69 Å². The fourth-order valence-corrected chi connectivity index (χ4v) is 3.25. The molecule has 1 aromatic carbocycles. The molecule has 0 spiro atoms. The van der Waals surface area contributed by atoms with Crippen molar-refractivity contribution in [2.75, 3.05) is 32.1 Å². The number of nitrogens with one attached hydrogen (secondary N) is 1. The molecule has 1 aliphatic rings. The Kier molecular flexibility index (Phi) is 5.80. The maximum atomic E-state index is 14.4. The van der Waals surface area contributed by atoms with Gasteiger partial charge in [0, 0.05) is 31.5 Å². The third-order valence-electron chi connectivity index (χ3n) is 4.53. The van der Waals surface area contributed by atoms with E-state index in [0.29, 0.717) is 12.3 Å². The molecule has 138 valence electrons. The molecule has 2 heterocycles. The van der Waals surface area contributed by atoms with Crippen LogP contribution >= 0.6 is 0 Å². The maximum Gasteiger partial charge on any atom is 0.255 e. The largest absolute Gasteiger partial charge is 0.383 e. The summed E-state index contributed by atoms with van der Waals surface area (Å²) in [6, 6.07) is 9.26. The lowest BCUT2D eigenvalue weighted by Gasteiger charge is -2.23. The summed E-state index contributed by atoms with van der Waals surface area (Å²) < 4.78 is 20.9. The molecule has 6 nitrogen and oxygen atoms in total. The number of carbonyl (C=O) groups is 1. The van der Waals surface area contributed by atoms with Gasteiger partial charge in [0.15, 0.2) is 0 Å². The molecule has 1 unspecified atom stereocenters. The molecule has 2 aromatic rings. The third kappa shape index (κ3) is 4.17. The number of rotatable bonds is 6. The molecule has 1 atom stereocenters. The molecule has 26 heavy (non-hydrogen) atoms. The molecule has 1 fully saturated rings. The standard InChI is InChI=1S/C19H22FN3O3/c1-26-13-15-5-4-9-22(15)12-18(24)21-17-8-7-14(11-16(17)20)23-10-3-2-6-19(23)25/h2-3,6-8,10-11,15H,4-5,9,12-13H2,1H3,(H,21,24). The summed E-state index contributed by atoms with van der Waals surface area (Å²) in [7, 11) is 1.64. The van der Waals surface area contributed by atoms with Gasteiger partial charge in [-0.3, -0.25) is 19.1 Å². The second-order valence-electron chi connectivity index (χ2n) is 6.34. The topological polar surface area (TPSA) is 63.6 Å². The number of nitrogens with zero attached hydrogens (tertiary/aromatic N) is 2. The van der Waals surface area contributed by atoms with Crippen molar-refractivity contribution in [2.45, 2.75) is 18.9 Å². The van der Waals surface area contributed by atoms with Crippen molar-refractivity contribution in [3.05, 3.63) is 58.8 Å². The van der Waals surface area contributed by atoms with Crippen LogP contribution in [-0.4, -0.2) is 48.2 Å². The van der Waals surface area contributed by atoms with Crippen LogP contribution in [0.3, 0.4) is 0 Å². The Labute approximate surface area is 151 Å². The molecule has 1 aromatic heterocycles. The third-order valence-corrected chi connectivity index (χ3v) is 4.53. The number of carbonyl (C=O) groups excluding carboxylic acids is 1. The number of ether oxygens (including phenoxy) is 1. The Morgan fingerprint density at radius 3 is 2.92 bits per heavy atom. The number of hydrogen-bond acceptors (Lipinski definition) is 4. The first-order chi connectivity index (χ1) is 12.6. The van der Waals surface area contributed by atoms with Crippen molar-refractivity contribution < 1.29 is 13.9 Å². The quantitative estimate of drug-likeness (QED) is 0.857. The van der Waals surface area contributed by atoms with Gasteiger partial charge in [-0.25, -0.2) is 4.39 Å². The van der Waals surface area contributed by atoms with E-state index in [4.69, 9.17) is 4.74 Å². The number of anilines is 1. The van der Waals surface area contributed by atoms with Crippen LogP contribution in [0.15, 0.2) is 47.4 Å². The minimum atomic E-state index is -0.582. The molecule has 1 amide bonds. The first kappa shape index (κ1) is 18.3. The van der Waals surface area contributed by atoms with E-state index in [1.165, 1.54) is 22.8 Å². The van der Waals surface area contributed by atoms with Gasteiger partial charge < -0.3 is 10.1 Å². The minimum Gasteiger partial charge on any atom is -0.383 e. The van der Waals surface area contributed by atoms with Crippen LogP contribution in [0.1, 0.15) is 12.8 Å². The van der Waals surface area contributed by atoms with Crippen molar-refractivity contribution in [3.63, 3.8) is 0 Å². The molecule has 1 saturated heterocycles. The van der Waals surface area contributed by atoms with Crippen LogP contribution < -0.4 is 10.9 Å². The van der Waals surface area contributed by atoms with Gasteiger partial charge in [-0.05, 0) is 37.6 Å². The molecular weight excluding hydrogens is 337 g/mol. The highest BCUT2D eigenvalue weighted by atomic mass is 19.1. The number of aromatic nitrogens is 1. The number of halogens is 1. The molecule has 3 rings (SSSR count). The van der Waals surface area contributed by atoms with E-state index < -0.39 is 5.82 Å². The lowest BCUT2D eigenvalue weighted by atomic mass is 10.2. The van der Waals surface area contributed by atoms with E-state index in [2.05, 4.69) is 10.2 Å². The van der Waals surface area contributed by atoms with Crippen LogP contribution in [0, 0.1) is 5.82 Å². The number of methoxy groups -OCH3 is 1. The number of amides is 1. The van der Waals surface area contributed by atoms with Crippen LogP contribution in [0.2, 0.25) is 0 Å². The van der Waals surface area contributed by atoms with E-state index in [-0.39, 0.29) is 29.7 Å². The lowest BCUT2D eigenvalue weighted by Crippen LogP contribution is -2.39. The predicted molar refractivity (Wildman–Crippen MR) is 97.1 cm³/mol. The van der Waals surface area contributed by atoms with Gasteiger partial charge >= 0.3 is 0 Å². The summed E-state index contributed by atoms with van der Waals surface area (Å²) in [5.41, 5.74) is 0.262.